The molecular formula is C51H59N15O10S. The number of aryl methyl sites for hydroxylation is 4. The number of methoxy groups -OCH3 is 1. The third-order valence-corrected chi connectivity index (χ3v) is 14.3. The normalized spacial score (nSPS) is 14.1. The predicted octanol–water partition coefficient (Wildman–Crippen LogP) is 3.26. The number of nitrogens with two attached hydrogens (primary N) is 3. The molecule has 0 aliphatic carbocycles. The highest BCUT2D eigenvalue weighted by Gasteiger charge is 2.39. The van der Waals surface area contributed by atoms with Crippen LogP contribution in [-0.4, -0.2) is 151 Å². The molecule has 1 saturated heterocycles. The first kappa shape index (κ1) is 54.6. The predicted molar refractivity (Wildman–Crippen MR) is 285 cm³/mol. The Morgan fingerprint density at radius 1 is 0.896 bits per heavy atom. The van der Waals surface area contributed by atoms with Gasteiger partial charge in [0.2, 0.25) is 35.5 Å². The number of rotatable bonds is 24. The Labute approximate surface area is 444 Å². The Morgan fingerprint density at radius 2 is 1.57 bits per heavy atom. The lowest BCUT2D eigenvalue weighted by molar-refractivity contribution is -0.140. The lowest BCUT2D eigenvalue weighted by Gasteiger charge is -2.20. The molecule has 2 aromatic carbocycles. The number of carboxylic acid groups (broad SMARTS) is 1. The average molecular weight is 1070 g/mol. The largest absolute Gasteiger partial charge is 0.495 e. The summed E-state index contributed by atoms with van der Waals surface area (Å²) in [4.78, 5) is 96.5. The number of nitrogens with zero attached hydrogens (tertiary/aromatic N) is 11. The number of aliphatic carboxylic acids is 1. The Kier molecular flexibility index (Phi) is 16.4. The summed E-state index contributed by atoms with van der Waals surface area (Å²) >= 11 is 1.00. The van der Waals surface area contributed by atoms with Crippen LogP contribution in [0.1, 0.15) is 75.7 Å². The number of likely N-dealkylation sites (tertiary alicyclic amines) is 1. The molecule has 5 aromatic heterocycles. The Morgan fingerprint density at radius 3 is 2.26 bits per heavy atom. The maximum atomic E-state index is 14.0. The molecule has 6 amide bonds. The molecule has 0 spiro atoms. The number of ether oxygens (including phenoxy) is 2. The summed E-state index contributed by atoms with van der Waals surface area (Å²) in [5.74, 6) is -3.70. The van der Waals surface area contributed by atoms with E-state index in [0.717, 1.165) is 28.0 Å². The fourth-order valence-electron chi connectivity index (χ4n) is 9.14. The van der Waals surface area contributed by atoms with Crippen LogP contribution >= 0.6 is 11.8 Å². The van der Waals surface area contributed by atoms with Crippen molar-refractivity contribution in [1.29, 1.82) is 0 Å². The molecule has 8 rings (SSSR count). The van der Waals surface area contributed by atoms with Crippen LogP contribution in [0.3, 0.4) is 0 Å². The molecule has 0 radical (unpaired) electrons. The third kappa shape index (κ3) is 11.5. The smallest absolute Gasteiger partial charge is 0.321 e. The van der Waals surface area contributed by atoms with Gasteiger partial charge < -0.3 is 45.8 Å². The van der Waals surface area contributed by atoms with E-state index in [0.29, 0.717) is 69.8 Å². The number of carbonyl (C=O) groups excluding carboxylic acids is 6. The average Bonchev–Trinajstić information content (AvgIpc) is 4.27. The second kappa shape index (κ2) is 23.1. The lowest BCUT2D eigenvalue weighted by Crippen LogP contribution is -2.37. The maximum Gasteiger partial charge on any atom is 0.321 e. The van der Waals surface area contributed by atoms with Gasteiger partial charge in [0.05, 0.1) is 52.6 Å². The highest BCUT2D eigenvalue weighted by Crippen LogP contribution is 2.37. The monoisotopic (exact) mass is 1070 g/mol. The fourth-order valence-corrected chi connectivity index (χ4v) is 10.3. The Hall–Kier alpha value is -8.65. The van der Waals surface area contributed by atoms with Crippen molar-refractivity contribution in [1.82, 2.24) is 53.7 Å². The molecule has 25 nitrogen and oxygen atoms in total. The van der Waals surface area contributed by atoms with Gasteiger partial charge in [-0.3, -0.25) is 53.1 Å². The van der Waals surface area contributed by atoms with Crippen molar-refractivity contribution in [2.75, 3.05) is 44.9 Å². The van der Waals surface area contributed by atoms with Gasteiger partial charge in [-0.1, -0.05) is 12.2 Å². The van der Waals surface area contributed by atoms with Gasteiger partial charge in [0.15, 0.2) is 0 Å². The molecule has 0 bridgehead atoms. The van der Waals surface area contributed by atoms with E-state index in [9.17, 15) is 33.6 Å². The van der Waals surface area contributed by atoms with Gasteiger partial charge in [0.25, 0.3) is 5.91 Å². The van der Waals surface area contributed by atoms with E-state index in [-0.39, 0.29) is 85.6 Å². The van der Waals surface area contributed by atoms with Crippen LogP contribution in [-0.2, 0) is 45.4 Å². The van der Waals surface area contributed by atoms with E-state index in [1.54, 1.807) is 41.4 Å². The molecule has 1 aliphatic heterocycles. The van der Waals surface area contributed by atoms with Crippen LogP contribution in [0.5, 0.6) is 11.5 Å². The van der Waals surface area contributed by atoms with Gasteiger partial charge in [0.1, 0.15) is 40.0 Å². The van der Waals surface area contributed by atoms with Gasteiger partial charge in [-0.2, -0.15) is 10.2 Å². The zero-order valence-electron chi connectivity index (χ0n) is 43.3. The zero-order valence-corrected chi connectivity index (χ0v) is 44.1. The third-order valence-electron chi connectivity index (χ3n) is 13.0. The van der Waals surface area contributed by atoms with Gasteiger partial charge in [-0.05, 0) is 76.6 Å². The summed E-state index contributed by atoms with van der Waals surface area (Å²) < 4.78 is 19.3. The summed E-state index contributed by atoms with van der Waals surface area (Å²) in [6.45, 7) is 9.03. The number of primary amides is 2. The maximum absolute atomic E-state index is 14.0. The van der Waals surface area contributed by atoms with Gasteiger partial charge in [-0.15, -0.1) is 22.0 Å². The zero-order chi connectivity index (χ0) is 55.4. The van der Waals surface area contributed by atoms with E-state index < -0.39 is 46.8 Å². The lowest BCUT2D eigenvalue weighted by atomic mass is 10.1. The number of hydrogen-bond acceptors (Lipinski definition) is 16. The first-order valence-corrected chi connectivity index (χ1v) is 25.7. The summed E-state index contributed by atoms with van der Waals surface area (Å²) in [7, 11) is 3.08. The van der Waals surface area contributed by atoms with Crippen molar-refractivity contribution in [2.24, 2.45) is 17.2 Å². The Bertz CT molecular complexity index is 3520. The van der Waals surface area contributed by atoms with Crippen LogP contribution in [0.2, 0.25) is 0 Å². The number of imidazole rings is 1. The first-order valence-electron chi connectivity index (χ1n) is 24.7. The van der Waals surface area contributed by atoms with Crippen LogP contribution < -0.4 is 32.0 Å². The second-order valence-electron chi connectivity index (χ2n) is 18.3. The number of imide groups is 1. The van der Waals surface area contributed by atoms with E-state index in [1.165, 1.54) is 24.1 Å². The molecule has 2 atom stereocenters. The highest BCUT2D eigenvalue weighted by molar-refractivity contribution is 8.00. The molecule has 8 N–H and O–H groups in total. The molecule has 77 heavy (non-hydrogen) atoms. The molecule has 1 unspecified atom stereocenters. The van der Waals surface area contributed by atoms with Crippen LogP contribution in [0, 0.1) is 13.8 Å². The van der Waals surface area contributed by atoms with E-state index >= 15 is 0 Å². The number of anilines is 1. The van der Waals surface area contributed by atoms with Crippen LogP contribution in [0.15, 0.2) is 54.6 Å². The van der Waals surface area contributed by atoms with Crippen molar-refractivity contribution in [2.45, 2.75) is 84.4 Å². The summed E-state index contributed by atoms with van der Waals surface area (Å²) in [5.41, 5.74) is 23.1. The number of fused-ring (bicyclic) bond motifs is 4. The minimum absolute atomic E-state index is 0.0453. The SMILES string of the molecule is CCn1nc(C)cc1C(=O)Nc1nc2cc(C(N)=O)cc(OCCCN(C)C(=O)CCN3C(=O)CC(SC[C@H](N)C(=O)O)C3=O)c2n1C/C=C/Cn1c2cc(-c3cc(C)nn3CC)nnc2c2cc(C(N)=O)cc(OC)c21. The second-order valence-corrected chi connectivity index (χ2v) is 19.5. The number of benzene rings is 2. The Balaban J connectivity index is 1.07. The number of allylic oxidation sites excluding steroid dienone is 2. The van der Waals surface area contributed by atoms with Crippen molar-refractivity contribution in [3.63, 3.8) is 0 Å². The number of aromatic nitrogens is 9. The van der Waals surface area contributed by atoms with Crippen LogP contribution in [0.4, 0.5) is 5.95 Å². The van der Waals surface area contributed by atoms with Crippen molar-refractivity contribution in [3.8, 4) is 22.9 Å². The van der Waals surface area contributed by atoms with E-state index in [1.807, 2.05) is 54.3 Å². The van der Waals surface area contributed by atoms with Gasteiger partial charge >= 0.3 is 5.97 Å². The molecule has 0 saturated carbocycles. The van der Waals surface area contributed by atoms with E-state index in [2.05, 4.69) is 25.7 Å². The molecule has 7 aromatic rings. The minimum atomic E-state index is -1.21. The number of carbonyl (C=O) groups is 7. The number of amides is 6. The molecule has 6 heterocycles. The van der Waals surface area contributed by atoms with Crippen LogP contribution in [0.25, 0.3) is 44.4 Å². The molecule has 1 aliphatic rings. The fraction of sp³-hybridized carbons (Fsp3) is 0.373. The first-order chi connectivity index (χ1) is 36.8. The number of carboxylic acids is 1. The van der Waals surface area contributed by atoms with Crippen molar-refractivity contribution < 1.29 is 48.1 Å². The summed E-state index contributed by atoms with van der Waals surface area (Å²) in [5, 5.41) is 30.1. The molecule has 26 heteroatoms. The topological polar surface area (TPSA) is 339 Å². The summed E-state index contributed by atoms with van der Waals surface area (Å²) in [6, 6.07) is 10.6. The molecule has 404 valence electrons. The van der Waals surface area contributed by atoms with Gasteiger partial charge in [0, 0.05) is 81.4 Å². The number of hydrogen-bond donors (Lipinski definition) is 5. The van der Waals surface area contributed by atoms with E-state index in [4.69, 9.17) is 36.8 Å². The number of nitrogens with one attached hydrogen (secondary N) is 1. The quantitative estimate of drug-likeness (QED) is 0.0329. The van der Waals surface area contributed by atoms with Crippen molar-refractivity contribution >= 4 is 92.1 Å². The summed E-state index contributed by atoms with van der Waals surface area (Å²) in [6.07, 6.45) is 3.84. The molecular weight excluding hydrogens is 1010 g/mol. The standard InChI is InChI=1S/C51H59N15O10S/c1-7-65-35(18-27(3)59-65)33-24-36-43(58-57-33)31-20-29(46(53)69)22-38(75-6)44(31)62(36)14-9-10-15-64-45-34(55-51(64)56-48(71)37-19-28(4)60-66(37)8-2)21-30(47(54)70)23-39(45)76-17-11-13-61(5)41(67)12-16-63-42(68)25-40(49(63)72)77-26-32(52)50(73)74/h9-10,18-24,32,40H,7-8,11-17,25-26,52H2,1-6H3,(H2,53,69)(H2,54,70)(H,73,74)(H,55,56,71)/b10-9+/t32-,40?/m0/s1. The minimum Gasteiger partial charge on any atom is -0.495 e. The highest BCUT2D eigenvalue weighted by atomic mass is 32.2. The van der Waals surface area contributed by atoms with Gasteiger partial charge in [-0.25, -0.2) is 4.98 Å². The molecule has 1 fully saturated rings. The number of thioether (sulfide) groups is 1. The van der Waals surface area contributed by atoms with Crippen molar-refractivity contribution in [3.05, 3.63) is 82.8 Å².